The largest absolute Gasteiger partial charge is 0.368 e. The van der Waals surface area contributed by atoms with E-state index in [0.717, 1.165) is 31.5 Å². The van der Waals surface area contributed by atoms with Gasteiger partial charge in [-0.15, -0.1) is 6.58 Å². The Hall–Kier alpha value is -1.57. The molecule has 0 aliphatic heterocycles. The van der Waals surface area contributed by atoms with Crippen LogP contribution in [0.25, 0.3) is 0 Å². The number of benzene rings is 1. The molecule has 1 aromatic carbocycles. The Morgan fingerprint density at radius 2 is 2.00 bits per heavy atom. The van der Waals surface area contributed by atoms with Crippen LogP contribution in [-0.4, -0.2) is 19.4 Å². The number of carbonyl (C=O) groups is 1. The molecule has 0 saturated heterocycles. The van der Waals surface area contributed by atoms with Crippen molar-refractivity contribution in [1.29, 1.82) is 0 Å². The summed E-state index contributed by atoms with van der Waals surface area (Å²) >= 11 is 0. The number of rotatable bonds is 6. The van der Waals surface area contributed by atoms with Crippen LogP contribution in [0.1, 0.15) is 23.7 Å². The highest BCUT2D eigenvalue weighted by molar-refractivity contribution is 5.75. The fraction of sp³-hybridized carbons (Fsp3) is 0.308. The molecule has 15 heavy (non-hydrogen) atoms. The SMILES string of the molecule is C=CCN(CCC)c1ccc(C=O)cc1. The second kappa shape index (κ2) is 6.02. The van der Waals surface area contributed by atoms with E-state index in [-0.39, 0.29) is 0 Å². The zero-order chi connectivity index (χ0) is 11.1. The molecule has 2 nitrogen and oxygen atoms in total. The van der Waals surface area contributed by atoms with Gasteiger partial charge in [0.1, 0.15) is 6.29 Å². The first-order chi connectivity index (χ1) is 7.31. The Labute approximate surface area is 91.2 Å². The van der Waals surface area contributed by atoms with E-state index in [1.807, 2.05) is 30.3 Å². The van der Waals surface area contributed by atoms with Crippen molar-refractivity contribution >= 4 is 12.0 Å². The molecule has 2 heteroatoms. The molecule has 1 aromatic rings. The molecule has 0 unspecified atom stereocenters. The molecule has 0 atom stereocenters. The number of carbonyl (C=O) groups excluding carboxylic acids is 1. The van der Waals surface area contributed by atoms with Crippen molar-refractivity contribution in [2.24, 2.45) is 0 Å². The summed E-state index contributed by atoms with van der Waals surface area (Å²) in [4.78, 5) is 12.7. The first-order valence-electron chi connectivity index (χ1n) is 5.23. The van der Waals surface area contributed by atoms with Gasteiger partial charge in [0, 0.05) is 24.3 Å². The number of nitrogens with zero attached hydrogens (tertiary/aromatic N) is 1. The molecule has 0 fully saturated rings. The lowest BCUT2D eigenvalue weighted by atomic mass is 10.2. The molecule has 0 heterocycles. The lowest BCUT2D eigenvalue weighted by Gasteiger charge is -2.22. The highest BCUT2D eigenvalue weighted by Gasteiger charge is 2.02. The molecule has 0 aliphatic rings. The summed E-state index contributed by atoms with van der Waals surface area (Å²) in [7, 11) is 0. The van der Waals surface area contributed by atoms with Crippen molar-refractivity contribution in [3.63, 3.8) is 0 Å². The molecule has 0 saturated carbocycles. The van der Waals surface area contributed by atoms with Crippen molar-refractivity contribution in [2.45, 2.75) is 13.3 Å². The second-order valence-corrected chi connectivity index (χ2v) is 3.44. The zero-order valence-corrected chi connectivity index (χ0v) is 9.15. The van der Waals surface area contributed by atoms with Gasteiger partial charge in [-0.25, -0.2) is 0 Å². The normalized spacial score (nSPS) is 9.67. The smallest absolute Gasteiger partial charge is 0.150 e. The summed E-state index contributed by atoms with van der Waals surface area (Å²) in [5.41, 5.74) is 1.86. The third kappa shape index (κ3) is 3.24. The Bertz CT molecular complexity index is 316. The predicted molar refractivity (Wildman–Crippen MR) is 64.5 cm³/mol. The van der Waals surface area contributed by atoms with Gasteiger partial charge in [0.2, 0.25) is 0 Å². The number of hydrogen-bond donors (Lipinski definition) is 0. The molecule has 1 rings (SSSR count). The molecule has 0 amide bonds. The van der Waals surface area contributed by atoms with Gasteiger partial charge in [-0.3, -0.25) is 4.79 Å². The minimum absolute atomic E-state index is 0.716. The Kier molecular flexibility index (Phi) is 4.61. The molecule has 0 aromatic heterocycles. The number of hydrogen-bond acceptors (Lipinski definition) is 2. The first-order valence-corrected chi connectivity index (χ1v) is 5.23. The van der Waals surface area contributed by atoms with E-state index >= 15 is 0 Å². The standard InChI is InChI=1S/C13H17NO/c1-3-9-14(10-4-2)13-7-5-12(11-15)6-8-13/h3,5-8,11H,1,4,9-10H2,2H3. The third-order valence-corrected chi connectivity index (χ3v) is 2.24. The average Bonchev–Trinajstić information content (AvgIpc) is 2.29. The quantitative estimate of drug-likeness (QED) is 0.523. The maximum atomic E-state index is 10.5. The lowest BCUT2D eigenvalue weighted by molar-refractivity contribution is 0.112. The van der Waals surface area contributed by atoms with Crippen LogP contribution >= 0.6 is 0 Å². The molecular weight excluding hydrogens is 186 g/mol. The maximum Gasteiger partial charge on any atom is 0.150 e. The minimum atomic E-state index is 0.716. The van der Waals surface area contributed by atoms with E-state index in [2.05, 4.69) is 18.4 Å². The van der Waals surface area contributed by atoms with Crippen molar-refractivity contribution in [3.8, 4) is 0 Å². The fourth-order valence-electron chi connectivity index (χ4n) is 1.52. The van der Waals surface area contributed by atoms with Gasteiger partial charge in [-0.05, 0) is 30.7 Å². The Morgan fingerprint density at radius 1 is 1.33 bits per heavy atom. The monoisotopic (exact) mass is 203 g/mol. The maximum absolute atomic E-state index is 10.5. The van der Waals surface area contributed by atoms with Gasteiger partial charge >= 0.3 is 0 Å². The number of aldehydes is 1. The van der Waals surface area contributed by atoms with Crippen molar-refractivity contribution in [2.75, 3.05) is 18.0 Å². The van der Waals surface area contributed by atoms with Crippen molar-refractivity contribution < 1.29 is 4.79 Å². The van der Waals surface area contributed by atoms with Gasteiger partial charge < -0.3 is 4.90 Å². The van der Waals surface area contributed by atoms with Gasteiger partial charge in [0.05, 0.1) is 0 Å². The van der Waals surface area contributed by atoms with Crippen LogP contribution in [0.4, 0.5) is 5.69 Å². The van der Waals surface area contributed by atoms with Gasteiger partial charge in [-0.1, -0.05) is 13.0 Å². The van der Waals surface area contributed by atoms with Crippen LogP contribution in [0, 0.1) is 0 Å². The van der Waals surface area contributed by atoms with E-state index in [0.29, 0.717) is 5.56 Å². The minimum Gasteiger partial charge on any atom is -0.368 e. The molecule has 0 spiro atoms. The van der Waals surface area contributed by atoms with Gasteiger partial charge in [-0.2, -0.15) is 0 Å². The lowest BCUT2D eigenvalue weighted by Crippen LogP contribution is -2.23. The van der Waals surface area contributed by atoms with E-state index in [1.165, 1.54) is 0 Å². The topological polar surface area (TPSA) is 20.3 Å². The summed E-state index contributed by atoms with van der Waals surface area (Å²) < 4.78 is 0. The summed E-state index contributed by atoms with van der Waals surface area (Å²) in [5, 5.41) is 0. The average molecular weight is 203 g/mol. The summed E-state index contributed by atoms with van der Waals surface area (Å²) in [6.07, 6.45) is 3.86. The van der Waals surface area contributed by atoms with Crippen LogP contribution in [0.2, 0.25) is 0 Å². The van der Waals surface area contributed by atoms with E-state index < -0.39 is 0 Å². The zero-order valence-electron chi connectivity index (χ0n) is 9.15. The first kappa shape index (κ1) is 11.5. The van der Waals surface area contributed by atoms with Crippen LogP contribution in [0.3, 0.4) is 0 Å². The molecule has 0 aliphatic carbocycles. The highest BCUT2D eigenvalue weighted by atomic mass is 16.1. The summed E-state index contributed by atoms with van der Waals surface area (Å²) in [5.74, 6) is 0. The predicted octanol–water partition coefficient (Wildman–Crippen LogP) is 2.90. The van der Waals surface area contributed by atoms with E-state index in [9.17, 15) is 4.79 Å². The fourth-order valence-corrected chi connectivity index (χ4v) is 1.52. The van der Waals surface area contributed by atoms with Crippen LogP contribution in [0.15, 0.2) is 36.9 Å². The Morgan fingerprint density at radius 3 is 2.47 bits per heavy atom. The van der Waals surface area contributed by atoms with Crippen molar-refractivity contribution in [3.05, 3.63) is 42.5 Å². The van der Waals surface area contributed by atoms with E-state index in [4.69, 9.17) is 0 Å². The van der Waals surface area contributed by atoms with Gasteiger partial charge in [0.25, 0.3) is 0 Å². The van der Waals surface area contributed by atoms with Crippen LogP contribution < -0.4 is 4.90 Å². The molecule has 80 valence electrons. The Balaban J connectivity index is 2.80. The second-order valence-electron chi connectivity index (χ2n) is 3.44. The highest BCUT2D eigenvalue weighted by Crippen LogP contribution is 2.14. The molecule has 0 radical (unpaired) electrons. The van der Waals surface area contributed by atoms with Crippen LogP contribution in [-0.2, 0) is 0 Å². The van der Waals surface area contributed by atoms with E-state index in [1.54, 1.807) is 0 Å². The van der Waals surface area contributed by atoms with Crippen LogP contribution in [0.5, 0.6) is 0 Å². The van der Waals surface area contributed by atoms with Crippen molar-refractivity contribution in [1.82, 2.24) is 0 Å². The summed E-state index contributed by atoms with van der Waals surface area (Å²) in [6.45, 7) is 7.74. The molecule has 0 N–H and O–H groups in total. The van der Waals surface area contributed by atoms with Gasteiger partial charge in [0.15, 0.2) is 0 Å². The molecule has 0 bridgehead atoms. The third-order valence-electron chi connectivity index (χ3n) is 2.24. The molecular formula is C13H17NO. The summed E-state index contributed by atoms with van der Waals surface area (Å²) in [6, 6.07) is 7.63. The number of anilines is 1.